The zero-order chi connectivity index (χ0) is 22.7. The Morgan fingerprint density at radius 2 is 1.77 bits per heavy atom. The van der Waals surface area contributed by atoms with E-state index in [9.17, 15) is 13.2 Å². The predicted molar refractivity (Wildman–Crippen MR) is 118 cm³/mol. The van der Waals surface area contributed by atoms with E-state index in [4.69, 9.17) is 8.92 Å². The molecule has 4 aliphatic carbocycles. The monoisotopic (exact) mass is 449 g/mol. The largest absolute Gasteiger partial charge is 0.444 e. The standard InChI is InChI=1S/C24H35NO5S/c1-17-6-8-19(9-7-17)31(27,28)29-16-23-11-18-10-22(5,13-23)14-24(12-18,15-23)25-20(26)30-21(2,3)4/h6-9,18H,10-16H2,1-5H3,(H,25,26)/t18-,22+,23+,24-/m0/s1. The number of carbonyl (C=O) groups is 1. The fraction of sp³-hybridized carbons (Fsp3) is 0.708. The number of alkyl carbamates (subject to hydrolysis) is 1. The summed E-state index contributed by atoms with van der Waals surface area (Å²) in [6.07, 6.45) is 5.17. The van der Waals surface area contributed by atoms with Crippen LogP contribution in [0.3, 0.4) is 0 Å². The van der Waals surface area contributed by atoms with Crippen LogP contribution in [0, 0.1) is 23.7 Å². The second kappa shape index (κ2) is 7.20. The number of benzene rings is 1. The van der Waals surface area contributed by atoms with Gasteiger partial charge < -0.3 is 10.1 Å². The zero-order valence-electron chi connectivity index (χ0n) is 19.3. The smallest absolute Gasteiger partial charge is 0.408 e. The van der Waals surface area contributed by atoms with E-state index in [0.717, 1.165) is 44.1 Å². The Labute approximate surface area is 186 Å². The third-order valence-corrected chi connectivity index (χ3v) is 8.34. The van der Waals surface area contributed by atoms with E-state index in [1.54, 1.807) is 24.3 Å². The molecule has 6 nitrogen and oxygen atoms in total. The van der Waals surface area contributed by atoms with Gasteiger partial charge in [-0.2, -0.15) is 8.42 Å². The van der Waals surface area contributed by atoms with Crippen LogP contribution >= 0.6 is 0 Å². The van der Waals surface area contributed by atoms with Crippen LogP contribution < -0.4 is 5.32 Å². The van der Waals surface area contributed by atoms with Crippen molar-refractivity contribution < 1.29 is 22.1 Å². The summed E-state index contributed by atoms with van der Waals surface area (Å²) in [7, 11) is -3.82. The summed E-state index contributed by atoms with van der Waals surface area (Å²) >= 11 is 0. The molecule has 0 heterocycles. The lowest BCUT2D eigenvalue weighted by molar-refractivity contribution is -0.137. The highest BCUT2D eigenvalue weighted by Gasteiger charge is 2.62. The van der Waals surface area contributed by atoms with Crippen LogP contribution in [-0.2, 0) is 19.0 Å². The highest BCUT2D eigenvalue weighted by Crippen LogP contribution is 2.66. The molecule has 4 atom stereocenters. The highest BCUT2D eigenvalue weighted by molar-refractivity contribution is 7.86. The molecule has 4 aliphatic rings. The van der Waals surface area contributed by atoms with Gasteiger partial charge in [0.05, 0.1) is 11.5 Å². The van der Waals surface area contributed by atoms with Crippen molar-refractivity contribution in [1.29, 1.82) is 0 Å². The molecule has 0 spiro atoms. The van der Waals surface area contributed by atoms with Crippen LogP contribution in [-0.4, -0.2) is 32.3 Å². The molecular weight excluding hydrogens is 414 g/mol. The van der Waals surface area contributed by atoms with Gasteiger partial charge in [0.2, 0.25) is 0 Å². The lowest BCUT2D eigenvalue weighted by atomic mass is 9.42. The second-order valence-corrected chi connectivity index (χ2v) is 13.4. The first kappa shape index (κ1) is 22.6. The van der Waals surface area contributed by atoms with Crippen LogP contribution in [0.5, 0.6) is 0 Å². The number of carbonyl (C=O) groups excluding carboxylic acids is 1. The molecule has 1 amide bonds. The molecule has 0 saturated heterocycles. The molecule has 1 aromatic rings. The van der Waals surface area contributed by atoms with Crippen molar-refractivity contribution in [2.24, 2.45) is 16.7 Å². The molecule has 0 unspecified atom stereocenters. The van der Waals surface area contributed by atoms with Gasteiger partial charge in [-0.3, -0.25) is 4.18 Å². The van der Waals surface area contributed by atoms with Crippen LogP contribution in [0.25, 0.3) is 0 Å². The number of amides is 1. The van der Waals surface area contributed by atoms with Gasteiger partial charge in [0, 0.05) is 5.54 Å². The average molecular weight is 450 g/mol. The fourth-order valence-electron chi connectivity index (χ4n) is 6.94. The Hall–Kier alpha value is -1.60. The van der Waals surface area contributed by atoms with Gasteiger partial charge in [-0.15, -0.1) is 0 Å². The van der Waals surface area contributed by atoms with Crippen LogP contribution in [0.1, 0.15) is 71.8 Å². The number of hydrogen-bond acceptors (Lipinski definition) is 5. The maximum atomic E-state index is 12.8. The van der Waals surface area contributed by atoms with Crippen molar-refractivity contribution in [2.75, 3.05) is 6.61 Å². The Bertz CT molecular complexity index is 967. The summed E-state index contributed by atoms with van der Waals surface area (Å²) in [5, 5.41) is 3.20. The van der Waals surface area contributed by atoms with Crippen molar-refractivity contribution in [1.82, 2.24) is 5.32 Å². The molecule has 4 saturated carbocycles. The van der Waals surface area contributed by atoms with Crippen molar-refractivity contribution in [2.45, 2.75) is 89.2 Å². The van der Waals surface area contributed by atoms with E-state index >= 15 is 0 Å². The molecule has 1 N–H and O–H groups in total. The van der Waals surface area contributed by atoms with Crippen molar-refractivity contribution in [3.8, 4) is 0 Å². The van der Waals surface area contributed by atoms with Crippen molar-refractivity contribution >= 4 is 16.2 Å². The third-order valence-electron chi connectivity index (χ3n) is 7.06. The van der Waals surface area contributed by atoms with Gasteiger partial charge in [-0.25, -0.2) is 4.79 Å². The minimum atomic E-state index is -3.82. The summed E-state index contributed by atoms with van der Waals surface area (Å²) in [6, 6.07) is 6.75. The lowest BCUT2D eigenvalue weighted by Gasteiger charge is -2.65. The molecule has 4 fully saturated rings. The Balaban J connectivity index is 1.53. The Kier molecular flexibility index (Phi) is 5.25. The van der Waals surface area contributed by atoms with Gasteiger partial charge in [0.1, 0.15) is 5.60 Å². The highest BCUT2D eigenvalue weighted by atomic mass is 32.2. The average Bonchev–Trinajstić information content (AvgIpc) is 2.56. The van der Waals surface area contributed by atoms with Gasteiger partial charge in [-0.1, -0.05) is 24.6 Å². The first-order valence-electron chi connectivity index (χ1n) is 11.2. The summed E-state index contributed by atoms with van der Waals surface area (Å²) in [6.45, 7) is 9.93. The van der Waals surface area contributed by atoms with Crippen LogP contribution in [0.2, 0.25) is 0 Å². The van der Waals surface area contributed by atoms with E-state index < -0.39 is 15.7 Å². The lowest BCUT2D eigenvalue weighted by Crippen LogP contribution is -2.66. The van der Waals surface area contributed by atoms with E-state index in [0.29, 0.717) is 5.92 Å². The molecule has 1 aromatic carbocycles. The molecular formula is C24H35NO5S. The quantitative estimate of drug-likeness (QED) is 0.643. The molecule has 5 rings (SSSR count). The van der Waals surface area contributed by atoms with E-state index in [-0.39, 0.29) is 34.0 Å². The SMILES string of the molecule is Cc1ccc(S(=O)(=O)OC[C@]23C[C@@H]4C[C@](C)(C2)C[C@@](NC(=O)OC(C)(C)C)(C4)C3)cc1. The Morgan fingerprint density at radius 1 is 1.10 bits per heavy atom. The topological polar surface area (TPSA) is 81.7 Å². The number of aryl methyl sites for hydroxylation is 1. The molecule has 31 heavy (non-hydrogen) atoms. The first-order chi connectivity index (χ1) is 14.2. The number of hydrogen-bond donors (Lipinski definition) is 1. The van der Waals surface area contributed by atoms with Gasteiger partial charge >= 0.3 is 6.09 Å². The molecule has 172 valence electrons. The molecule has 7 heteroatoms. The van der Waals surface area contributed by atoms with E-state index in [2.05, 4.69) is 12.2 Å². The van der Waals surface area contributed by atoms with Gasteiger partial charge in [0.15, 0.2) is 0 Å². The van der Waals surface area contributed by atoms with Crippen molar-refractivity contribution in [3.63, 3.8) is 0 Å². The second-order valence-electron chi connectivity index (χ2n) is 11.8. The normalized spacial score (nSPS) is 34.5. The molecule has 4 bridgehead atoms. The number of rotatable bonds is 5. The fourth-order valence-corrected chi connectivity index (χ4v) is 7.95. The van der Waals surface area contributed by atoms with Gasteiger partial charge in [0.25, 0.3) is 10.1 Å². The molecule has 0 radical (unpaired) electrons. The zero-order valence-corrected chi connectivity index (χ0v) is 20.1. The number of nitrogens with one attached hydrogen (secondary N) is 1. The Morgan fingerprint density at radius 3 is 2.39 bits per heavy atom. The maximum absolute atomic E-state index is 12.8. The van der Waals surface area contributed by atoms with Crippen LogP contribution in [0.4, 0.5) is 4.79 Å². The van der Waals surface area contributed by atoms with Crippen LogP contribution in [0.15, 0.2) is 29.2 Å². The maximum Gasteiger partial charge on any atom is 0.408 e. The predicted octanol–water partition coefficient (Wildman–Crippen LogP) is 4.95. The number of ether oxygens (including phenoxy) is 1. The summed E-state index contributed by atoms with van der Waals surface area (Å²) in [5.74, 6) is 0.460. The third kappa shape index (κ3) is 4.77. The van der Waals surface area contributed by atoms with Gasteiger partial charge in [-0.05, 0) is 95.1 Å². The summed E-state index contributed by atoms with van der Waals surface area (Å²) in [5.41, 5.74) is -0.0814. The molecule has 0 aromatic heterocycles. The molecule has 0 aliphatic heterocycles. The summed E-state index contributed by atoms with van der Waals surface area (Å²) < 4.78 is 36.8. The van der Waals surface area contributed by atoms with E-state index in [1.807, 2.05) is 27.7 Å². The summed E-state index contributed by atoms with van der Waals surface area (Å²) in [4.78, 5) is 12.8. The van der Waals surface area contributed by atoms with E-state index in [1.165, 1.54) is 0 Å². The minimum absolute atomic E-state index is 0.0748. The first-order valence-corrected chi connectivity index (χ1v) is 12.6. The van der Waals surface area contributed by atoms with Crippen molar-refractivity contribution in [3.05, 3.63) is 29.8 Å². The minimum Gasteiger partial charge on any atom is -0.444 e.